The average Bonchev–Trinajstić information content (AvgIpc) is 2.26. The fourth-order valence-electron chi connectivity index (χ4n) is 1.89. The largest absolute Gasteiger partial charge is 0.478 e. The predicted octanol–water partition coefficient (Wildman–Crippen LogP) is 2.30. The van der Waals surface area contributed by atoms with Crippen LogP contribution in [0.2, 0.25) is 0 Å². The van der Waals surface area contributed by atoms with Gasteiger partial charge in [-0.2, -0.15) is 0 Å². The maximum atomic E-state index is 11.2. The van der Waals surface area contributed by atoms with Crippen LogP contribution in [0.15, 0.2) is 12.3 Å². The van der Waals surface area contributed by atoms with Gasteiger partial charge in [-0.05, 0) is 24.8 Å². The first-order valence-corrected chi connectivity index (χ1v) is 6.33. The van der Waals surface area contributed by atoms with Crippen molar-refractivity contribution in [2.45, 2.75) is 40.2 Å². The van der Waals surface area contributed by atoms with E-state index in [-0.39, 0.29) is 23.6 Å². The fourth-order valence-corrected chi connectivity index (χ4v) is 1.89. The van der Waals surface area contributed by atoms with Crippen LogP contribution in [0.25, 0.3) is 0 Å². The summed E-state index contributed by atoms with van der Waals surface area (Å²) < 4.78 is 0. The molecule has 0 spiro atoms. The van der Waals surface area contributed by atoms with E-state index < -0.39 is 5.97 Å². The van der Waals surface area contributed by atoms with Crippen LogP contribution in [-0.4, -0.2) is 33.8 Å². The van der Waals surface area contributed by atoms with Gasteiger partial charge in [-0.15, -0.1) is 0 Å². The smallest absolute Gasteiger partial charge is 0.339 e. The highest BCUT2D eigenvalue weighted by Crippen LogP contribution is 2.27. The van der Waals surface area contributed by atoms with E-state index in [2.05, 4.69) is 31.1 Å². The Morgan fingerprint density at radius 1 is 1.47 bits per heavy atom. The van der Waals surface area contributed by atoms with Gasteiger partial charge in [-0.25, -0.2) is 4.79 Å². The van der Waals surface area contributed by atoms with Gasteiger partial charge in [-0.3, -0.25) is 4.98 Å². The highest BCUT2D eigenvalue weighted by molar-refractivity contribution is 5.93. The maximum absolute atomic E-state index is 11.2. The molecule has 5 heteroatoms. The molecule has 3 N–H and O–H groups in total. The van der Waals surface area contributed by atoms with Gasteiger partial charge in [0.2, 0.25) is 0 Å². The zero-order valence-electron chi connectivity index (χ0n) is 11.9. The van der Waals surface area contributed by atoms with Crippen LogP contribution in [-0.2, 0) is 0 Å². The van der Waals surface area contributed by atoms with Crippen molar-refractivity contribution in [2.24, 2.45) is 5.41 Å². The Labute approximate surface area is 113 Å². The molecule has 0 fully saturated rings. The lowest BCUT2D eigenvalue weighted by molar-refractivity contribution is 0.0697. The second-order valence-electron chi connectivity index (χ2n) is 5.75. The first-order valence-electron chi connectivity index (χ1n) is 6.33. The number of aryl methyl sites for hydroxylation is 1. The molecule has 1 aromatic heterocycles. The Morgan fingerprint density at radius 3 is 2.58 bits per heavy atom. The number of aliphatic hydroxyl groups excluding tert-OH is 1. The van der Waals surface area contributed by atoms with Gasteiger partial charge in [0.05, 0.1) is 5.69 Å². The van der Waals surface area contributed by atoms with Crippen LogP contribution in [0.5, 0.6) is 0 Å². The molecule has 0 aromatic carbocycles. The Bertz CT molecular complexity index is 452. The zero-order valence-corrected chi connectivity index (χ0v) is 11.9. The number of hydrogen-bond donors (Lipinski definition) is 3. The molecular weight excluding hydrogens is 244 g/mol. The standard InChI is InChI=1S/C14H22N2O3/c1-9-7-11(10(8-15-9)13(18)19)16-12(5-6-17)14(2,3)4/h7-8,12,17H,5-6H2,1-4H3,(H,15,16)(H,18,19). The zero-order chi connectivity index (χ0) is 14.6. The third-order valence-electron chi connectivity index (χ3n) is 3.06. The molecule has 1 unspecified atom stereocenters. The molecule has 1 rings (SSSR count). The van der Waals surface area contributed by atoms with Crippen LogP contribution >= 0.6 is 0 Å². The second-order valence-corrected chi connectivity index (χ2v) is 5.75. The Hall–Kier alpha value is -1.62. The third kappa shape index (κ3) is 4.21. The molecule has 0 aliphatic carbocycles. The van der Waals surface area contributed by atoms with Gasteiger partial charge in [-0.1, -0.05) is 20.8 Å². The van der Waals surface area contributed by atoms with Crippen molar-refractivity contribution < 1.29 is 15.0 Å². The molecule has 0 radical (unpaired) electrons. The molecule has 106 valence electrons. The number of nitrogens with one attached hydrogen (secondary N) is 1. The molecule has 0 saturated carbocycles. The van der Waals surface area contributed by atoms with Crippen LogP contribution < -0.4 is 5.32 Å². The summed E-state index contributed by atoms with van der Waals surface area (Å²) in [4.78, 5) is 15.2. The lowest BCUT2D eigenvalue weighted by Crippen LogP contribution is -2.35. The van der Waals surface area contributed by atoms with Crippen LogP contribution in [0.4, 0.5) is 5.69 Å². The number of aromatic carboxylic acids is 1. The van der Waals surface area contributed by atoms with E-state index in [9.17, 15) is 9.90 Å². The summed E-state index contributed by atoms with van der Waals surface area (Å²) in [6.45, 7) is 8.02. The van der Waals surface area contributed by atoms with Crippen molar-refractivity contribution in [3.05, 3.63) is 23.5 Å². The number of carbonyl (C=O) groups is 1. The van der Waals surface area contributed by atoms with Gasteiger partial charge in [0.25, 0.3) is 0 Å². The topological polar surface area (TPSA) is 82.5 Å². The van der Waals surface area contributed by atoms with Gasteiger partial charge < -0.3 is 15.5 Å². The number of aliphatic hydroxyl groups is 1. The highest BCUT2D eigenvalue weighted by Gasteiger charge is 2.25. The SMILES string of the molecule is Cc1cc(NC(CCO)C(C)(C)C)c(C(=O)O)cn1. The minimum atomic E-state index is -1.01. The average molecular weight is 266 g/mol. The van der Waals surface area contributed by atoms with Gasteiger partial charge in [0, 0.05) is 24.5 Å². The molecule has 5 nitrogen and oxygen atoms in total. The van der Waals surface area contributed by atoms with E-state index in [1.54, 1.807) is 6.07 Å². The number of rotatable bonds is 5. The number of hydrogen-bond acceptors (Lipinski definition) is 4. The lowest BCUT2D eigenvalue weighted by atomic mass is 9.84. The van der Waals surface area contributed by atoms with Crippen molar-refractivity contribution in [3.63, 3.8) is 0 Å². The first kappa shape index (κ1) is 15.4. The number of aromatic nitrogens is 1. The van der Waals surface area contributed by atoms with Crippen molar-refractivity contribution in [3.8, 4) is 0 Å². The summed E-state index contributed by atoms with van der Waals surface area (Å²) in [5.41, 5.74) is 1.37. The molecule has 0 aliphatic rings. The van der Waals surface area contributed by atoms with Crippen LogP contribution in [0.1, 0.15) is 43.2 Å². The fraction of sp³-hybridized carbons (Fsp3) is 0.571. The molecule has 1 aromatic rings. The summed E-state index contributed by atoms with van der Waals surface area (Å²) in [5, 5.41) is 21.5. The summed E-state index contributed by atoms with van der Waals surface area (Å²) in [6.07, 6.45) is 1.92. The van der Waals surface area contributed by atoms with E-state index in [1.165, 1.54) is 6.20 Å². The van der Waals surface area contributed by atoms with Crippen LogP contribution in [0, 0.1) is 12.3 Å². The molecule has 1 heterocycles. The molecule has 0 amide bonds. The Kier molecular flexibility index (Phi) is 4.89. The van der Waals surface area contributed by atoms with Crippen LogP contribution in [0.3, 0.4) is 0 Å². The summed E-state index contributed by atoms with van der Waals surface area (Å²) in [7, 11) is 0. The number of carboxylic acids is 1. The molecule has 0 bridgehead atoms. The van der Waals surface area contributed by atoms with E-state index >= 15 is 0 Å². The summed E-state index contributed by atoms with van der Waals surface area (Å²) >= 11 is 0. The van der Waals surface area contributed by atoms with E-state index in [4.69, 9.17) is 5.11 Å². The number of anilines is 1. The number of pyridine rings is 1. The lowest BCUT2D eigenvalue weighted by Gasteiger charge is -2.32. The van der Waals surface area contributed by atoms with Crippen molar-refractivity contribution >= 4 is 11.7 Å². The first-order chi connectivity index (χ1) is 8.75. The van der Waals surface area contributed by atoms with E-state index in [0.717, 1.165) is 5.69 Å². The molecule has 19 heavy (non-hydrogen) atoms. The molecule has 0 saturated heterocycles. The van der Waals surface area contributed by atoms with E-state index in [0.29, 0.717) is 12.1 Å². The summed E-state index contributed by atoms with van der Waals surface area (Å²) in [6, 6.07) is 1.71. The van der Waals surface area contributed by atoms with Gasteiger partial charge in [0.15, 0.2) is 0 Å². The highest BCUT2D eigenvalue weighted by atomic mass is 16.4. The predicted molar refractivity (Wildman–Crippen MR) is 74.5 cm³/mol. The minimum absolute atomic E-state index is 0.0163. The van der Waals surface area contributed by atoms with Crippen molar-refractivity contribution in [2.75, 3.05) is 11.9 Å². The normalized spacial score (nSPS) is 13.1. The molecular formula is C14H22N2O3. The van der Waals surface area contributed by atoms with Gasteiger partial charge in [0.1, 0.15) is 5.56 Å². The monoisotopic (exact) mass is 266 g/mol. The Balaban J connectivity index is 3.08. The number of carboxylic acid groups (broad SMARTS) is 1. The second kappa shape index (κ2) is 6.02. The van der Waals surface area contributed by atoms with Crippen molar-refractivity contribution in [1.82, 2.24) is 4.98 Å². The van der Waals surface area contributed by atoms with Gasteiger partial charge >= 0.3 is 5.97 Å². The summed E-state index contributed by atoms with van der Waals surface area (Å²) in [5.74, 6) is -1.01. The minimum Gasteiger partial charge on any atom is -0.478 e. The van der Waals surface area contributed by atoms with Crippen molar-refractivity contribution in [1.29, 1.82) is 0 Å². The quantitative estimate of drug-likeness (QED) is 0.761. The van der Waals surface area contributed by atoms with E-state index in [1.807, 2.05) is 6.92 Å². The third-order valence-corrected chi connectivity index (χ3v) is 3.06. The molecule has 1 atom stereocenters. The Morgan fingerprint density at radius 2 is 2.11 bits per heavy atom. The number of nitrogens with zero attached hydrogens (tertiary/aromatic N) is 1. The molecule has 0 aliphatic heterocycles. The maximum Gasteiger partial charge on any atom is 0.339 e.